The lowest BCUT2D eigenvalue weighted by Gasteiger charge is -2.28. The van der Waals surface area contributed by atoms with E-state index in [1.807, 2.05) is 42.5 Å². The first kappa shape index (κ1) is 36.3. The van der Waals surface area contributed by atoms with Gasteiger partial charge in [-0.15, -0.1) is 0 Å². The first-order valence-electron chi connectivity index (χ1n) is 15.8. The number of ether oxygens (including phenoxy) is 1. The summed E-state index contributed by atoms with van der Waals surface area (Å²) in [5, 5.41) is 0. The Morgan fingerprint density at radius 2 is 1.14 bits per heavy atom. The lowest BCUT2D eigenvalue weighted by Crippen LogP contribution is -2.20. The summed E-state index contributed by atoms with van der Waals surface area (Å²) in [7, 11) is -3.99. The van der Waals surface area contributed by atoms with Crippen LogP contribution in [0.4, 0.5) is 0 Å². The molecular weight excluding hydrogens is 559 g/mol. The number of benzene rings is 2. The van der Waals surface area contributed by atoms with E-state index < -0.39 is 19.7 Å². The Hall–Kier alpha value is -2.85. The van der Waals surface area contributed by atoms with Gasteiger partial charge in [0, 0.05) is 11.1 Å². The van der Waals surface area contributed by atoms with E-state index in [4.69, 9.17) is 13.8 Å². The second-order valence-electron chi connectivity index (χ2n) is 13.2. The fraction of sp³-hybridized carbons (Fsp3) is 0.556. The van der Waals surface area contributed by atoms with E-state index in [2.05, 4.69) is 41.5 Å². The molecule has 0 radical (unpaired) electrons. The maximum absolute atomic E-state index is 14.3. The normalized spacial score (nSPS) is 12.3. The van der Waals surface area contributed by atoms with Gasteiger partial charge in [-0.2, -0.15) is 0 Å². The zero-order chi connectivity index (χ0) is 31.8. The summed E-state index contributed by atoms with van der Waals surface area (Å²) in [5.41, 5.74) is 1.23. The van der Waals surface area contributed by atoms with Crippen molar-refractivity contribution in [1.82, 2.24) is 0 Å². The van der Waals surface area contributed by atoms with Crippen molar-refractivity contribution in [3.05, 3.63) is 71.8 Å². The molecule has 0 unspecified atom stereocenters. The van der Waals surface area contributed by atoms with Crippen LogP contribution in [0.5, 0.6) is 11.5 Å². The Bertz CT molecular complexity index is 1140. The molecule has 0 amide bonds. The van der Waals surface area contributed by atoms with Crippen LogP contribution in [-0.2, 0) is 29.7 Å². The SMILES string of the molecule is CC(C)(C)c1ccccc1OP(=O)(CC(=O)OCCCCCCCCCCC/C=C/C=O)Oc1ccccc1C(C)(C)C. The molecule has 43 heavy (non-hydrogen) atoms. The van der Waals surface area contributed by atoms with Crippen molar-refractivity contribution in [3.8, 4) is 11.5 Å². The number of esters is 1. The molecule has 0 saturated heterocycles. The third kappa shape index (κ3) is 14.0. The second-order valence-corrected chi connectivity index (χ2v) is 15.1. The van der Waals surface area contributed by atoms with Gasteiger partial charge in [-0.3, -0.25) is 9.59 Å². The van der Waals surface area contributed by atoms with E-state index in [-0.39, 0.29) is 17.4 Å². The minimum Gasteiger partial charge on any atom is -0.465 e. The quantitative estimate of drug-likeness (QED) is 0.0516. The van der Waals surface area contributed by atoms with Gasteiger partial charge in [-0.1, -0.05) is 129 Å². The van der Waals surface area contributed by atoms with Crippen LogP contribution in [-0.4, -0.2) is 25.0 Å². The predicted octanol–water partition coefficient (Wildman–Crippen LogP) is 10.1. The van der Waals surface area contributed by atoms with Crippen molar-refractivity contribution >= 4 is 19.9 Å². The van der Waals surface area contributed by atoms with Gasteiger partial charge in [-0.05, 0) is 48.3 Å². The summed E-state index contributed by atoms with van der Waals surface area (Å²) in [6.45, 7) is 12.6. The average Bonchev–Trinajstić information content (AvgIpc) is 2.92. The molecule has 0 heterocycles. The van der Waals surface area contributed by atoms with Crippen LogP contribution in [0.1, 0.15) is 117 Å². The number of hydrogen-bond donors (Lipinski definition) is 0. The van der Waals surface area contributed by atoms with E-state index >= 15 is 0 Å². The van der Waals surface area contributed by atoms with E-state index in [1.165, 1.54) is 25.7 Å². The highest BCUT2D eigenvalue weighted by Gasteiger charge is 2.36. The van der Waals surface area contributed by atoms with Gasteiger partial charge >= 0.3 is 13.6 Å². The first-order chi connectivity index (χ1) is 20.4. The minimum atomic E-state index is -3.99. The molecule has 0 aliphatic carbocycles. The molecule has 0 N–H and O–H groups in total. The number of aldehydes is 1. The van der Waals surface area contributed by atoms with E-state index in [0.29, 0.717) is 11.5 Å². The summed E-state index contributed by atoms with van der Waals surface area (Å²) in [5.74, 6) is 0.288. The second kappa shape index (κ2) is 18.1. The Kier molecular flexibility index (Phi) is 15.3. The first-order valence-corrected chi connectivity index (χ1v) is 17.5. The molecule has 2 aromatic rings. The molecule has 0 spiro atoms. The van der Waals surface area contributed by atoms with E-state index in [0.717, 1.165) is 55.9 Å². The molecule has 6 nitrogen and oxygen atoms in total. The molecule has 0 aliphatic heterocycles. The Morgan fingerprint density at radius 3 is 1.60 bits per heavy atom. The van der Waals surface area contributed by atoms with Crippen molar-refractivity contribution in [2.45, 2.75) is 117 Å². The third-order valence-corrected chi connectivity index (χ3v) is 8.78. The average molecular weight is 613 g/mol. The minimum absolute atomic E-state index is 0.263. The Balaban J connectivity index is 1.93. The highest BCUT2D eigenvalue weighted by Crippen LogP contribution is 2.52. The van der Waals surface area contributed by atoms with Gasteiger partial charge in [0.1, 0.15) is 17.8 Å². The van der Waals surface area contributed by atoms with Gasteiger partial charge in [0.2, 0.25) is 0 Å². The zero-order valence-electron chi connectivity index (χ0n) is 27.2. The molecule has 2 rings (SSSR count). The molecule has 0 aliphatic rings. The van der Waals surface area contributed by atoms with Crippen LogP contribution < -0.4 is 9.05 Å². The number of unbranched alkanes of at least 4 members (excludes halogenated alkanes) is 9. The molecule has 0 aromatic heterocycles. The lowest BCUT2D eigenvalue weighted by molar-refractivity contribution is -0.140. The molecule has 0 fully saturated rings. The molecule has 0 saturated carbocycles. The summed E-state index contributed by atoms with van der Waals surface area (Å²) in [6.07, 6.45) is 14.8. The van der Waals surface area contributed by atoms with Gasteiger partial charge in [0.05, 0.1) is 6.61 Å². The summed E-state index contributed by atoms with van der Waals surface area (Å²) in [6, 6.07) is 14.9. The number of carbonyl (C=O) groups excluding carboxylic acids is 2. The van der Waals surface area contributed by atoms with Crippen LogP contribution in [0.25, 0.3) is 0 Å². The smallest absolute Gasteiger partial charge is 0.441 e. The largest absolute Gasteiger partial charge is 0.465 e. The van der Waals surface area contributed by atoms with Crippen LogP contribution in [0.15, 0.2) is 60.7 Å². The monoisotopic (exact) mass is 612 g/mol. The molecule has 7 heteroatoms. The predicted molar refractivity (Wildman–Crippen MR) is 176 cm³/mol. The van der Waals surface area contributed by atoms with Crippen molar-refractivity contribution in [2.24, 2.45) is 0 Å². The molecular formula is C36H53O6P. The molecule has 0 bridgehead atoms. The van der Waals surface area contributed by atoms with Crippen molar-refractivity contribution in [1.29, 1.82) is 0 Å². The topological polar surface area (TPSA) is 78.9 Å². The lowest BCUT2D eigenvalue weighted by atomic mass is 9.86. The molecule has 238 valence electrons. The van der Waals surface area contributed by atoms with Gasteiger partial charge in [0.15, 0.2) is 6.16 Å². The van der Waals surface area contributed by atoms with Gasteiger partial charge in [-0.25, -0.2) is 4.57 Å². The van der Waals surface area contributed by atoms with Crippen LogP contribution in [0.3, 0.4) is 0 Å². The van der Waals surface area contributed by atoms with Gasteiger partial charge < -0.3 is 13.8 Å². The van der Waals surface area contributed by atoms with E-state index in [9.17, 15) is 14.2 Å². The van der Waals surface area contributed by atoms with Crippen molar-refractivity contribution < 1.29 is 27.9 Å². The van der Waals surface area contributed by atoms with Crippen LogP contribution in [0.2, 0.25) is 0 Å². The number of carbonyl (C=O) groups is 2. The van der Waals surface area contributed by atoms with E-state index in [1.54, 1.807) is 18.2 Å². The number of hydrogen-bond acceptors (Lipinski definition) is 6. The zero-order valence-corrected chi connectivity index (χ0v) is 28.1. The fourth-order valence-corrected chi connectivity index (χ4v) is 6.35. The molecule has 0 atom stereocenters. The number of rotatable bonds is 19. The maximum atomic E-state index is 14.3. The van der Waals surface area contributed by atoms with Crippen molar-refractivity contribution in [2.75, 3.05) is 12.8 Å². The van der Waals surface area contributed by atoms with Crippen molar-refractivity contribution in [3.63, 3.8) is 0 Å². The van der Waals surface area contributed by atoms with Crippen LogP contribution in [0, 0.1) is 0 Å². The highest BCUT2D eigenvalue weighted by atomic mass is 31.2. The fourth-order valence-electron chi connectivity index (χ4n) is 4.86. The standard InChI is InChI=1S/C36H53O6P/c1-35(2,3)30-23-17-19-25-32(30)41-43(39,42-33-26-20-18-24-31(33)36(4,5)6)29-34(38)40-28-22-16-14-12-10-8-7-9-11-13-15-21-27-37/h15,17-21,23-27H,7-14,16,22,28-29H2,1-6H3/b21-15+. The Labute approximate surface area is 260 Å². The summed E-state index contributed by atoms with van der Waals surface area (Å²) in [4.78, 5) is 23.2. The highest BCUT2D eigenvalue weighted by molar-refractivity contribution is 7.55. The number of allylic oxidation sites excluding steroid dienone is 2. The third-order valence-electron chi connectivity index (χ3n) is 7.18. The number of para-hydroxylation sites is 2. The van der Waals surface area contributed by atoms with Crippen LogP contribution >= 0.6 is 7.60 Å². The molecule has 2 aromatic carbocycles. The van der Waals surface area contributed by atoms with Gasteiger partial charge in [0.25, 0.3) is 0 Å². The summed E-state index contributed by atoms with van der Waals surface area (Å²) >= 11 is 0. The Morgan fingerprint density at radius 1 is 0.698 bits per heavy atom. The maximum Gasteiger partial charge on any atom is 0.441 e. The summed E-state index contributed by atoms with van der Waals surface area (Å²) < 4.78 is 32.1.